The summed E-state index contributed by atoms with van der Waals surface area (Å²) in [5, 5.41) is 1.02. The molecule has 0 saturated heterocycles. The molecule has 0 saturated carbocycles. The number of ether oxygens (including phenoxy) is 2. The average Bonchev–Trinajstić information content (AvgIpc) is 2.79. The third-order valence-corrected chi connectivity index (χ3v) is 3.65. The lowest BCUT2D eigenvalue weighted by Crippen LogP contribution is -2.20. The van der Waals surface area contributed by atoms with Crippen molar-refractivity contribution in [2.75, 3.05) is 6.61 Å². The van der Waals surface area contributed by atoms with Gasteiger partial charge in [0.15, 0.2) is 0 Å². The zero-order chi connectivity index (χ0) is 13.8. The summed E-state index contributed by atoms with van der Waals surface area (Å²) in [6, 6.07) is 9.60. The molecule has 0 N–H and O–H groups in total. The first-order chi connectivity index (χ1) is 9.11. The summed E-state index contributed by atoms with van der Waals surface area (Å²) < 4.78 is 11.1. The molecule has 0 bridgehead atoms. The van der Waals surface area contributed by atoms with Crippen LogP contribution in [0.3, 0.4) is 0 Å². The smallest absolute Gasteiger partial charge is 0.353 e. The predicted molar refractivity (Wildman–Crippen MR) is 73.0 cm³/mol. The first kappa shape index (κ1) is 13.5. The molecule has 5 heteroatoms. The molecule has 0 spiro atoms. The third kappa shape index (κ3) is 3.12. The van der Waals surface area contributed by atoms with Crippen LogP contribution in [0.5, 0.6) is 0 Å². The van der Waals surface area contributed by atoms with E-state index in [4.69, 9.17) is 9.47 Å². The van der Waals surface area contributed by atoms with E-state index < -0.39 is 18.0 Å². The van der Waals surface area contributed by atoms with Crippen LogP contribution in [-0.4, -0.2) is 18.5 Å². The van der Waals surface area contributed by atoms with Gasteiger partial charge in [0.25, 0.3) is 0 Å². The van der Waals surface area contributed by atoms with Gasteiger partial charge < -0.3 is 9.47 Å². The summed E-state index contributed by atoms with van der Waals surface area (Å²) in [4.78, 5) is 23.7. The Labute approximate surface area is 114 Å². The van der Waals surface area contributed by atoms with Gasteiger partial charge in [0.05, 0.1) is 11.5 Å². The zero-order valence-electron chi connectivity index (χ0n) is 10.7. The average molecular weight is 278 g/mol. The van der Waals surface area contributed by atoms with Gasteiger partial charge >= 0.3 is 11.9 Å². The van der Waals surface area contributed by atoms with Crippen molar-refractivity contribution < 1.29 is 19.1 Å². The highest BCUT2D eigenvalue weighted by molar-refractivity contribution is 7.19. The molecule has 0 amide bonds. The van der Waals surface area contributed by atoms with Gasteiger partial charge in [-0.3, -0.25) is 4.79 Å². The van der Waals surface area contributed by atoms with Gasteiger partial charge in [-0.1, -0.05) is 18.2 Å². The molecule has 0 unspecified atom stereocenters. The van der Waals surface area contributed by atoms with Crippen LogP contribution in [0.1, 0.15) is 24.8 Å². The highest BCUT2D eigenvalue weighted by Gasteiger charge is 2.27. The van der Waals surface area contributed by atoms with Crippen molar-refractivity contribution in [1.82, 2.24) is 0 Å². The van der Waals surface area contributed by atoms with Gasteiger partial charge in [0, 0.05) is 11.6 Å². The minimum absolute atomic E-state index is 0.251. The molecule has 0 aliphatic carbocycles. The molecule has 1 aromatic heterocycles. The van der Waals surface area contributed by atoms with Crippen molar-refractivity contribution in [3.63, 3.8) is 0 Å². The summed E-state index contributed by atoms with van der Waals surface area (Å²) in [5.41, 5.74) is 0. The van der Waals surface area contributed by atoms with Gasteiger partial charge in [-0.25, -0.2) is 4.79 Å². The van der Waals surface area contributed by atoms with Gasteiger partial charge in [0.2, 0.25) is 6.10 Å². The van der Waals surface area contributed by atoms with Crippen LogP contribution in [0.2, 0.25) is 0 Å². The highest BCUT2D eigenvalue weighted by Crippen LogP contribution is 2.32. The van der Waals surface area contributed by atoms with Crippen molar-refractivity contribution in [2.24, 2.45) is 0 Å². The van der Waals surface area contributed by atoms with E-state index >= 15 is 0 Å². The number of hydrogen-bond acceptors (Lipinski definition) is 5. The molecule has 19 heavy (non-hydrogen) atoms. The predicted octanol–water partition coefficient (Wildman–Crippen LogP) is 3.07. The van der Waals surface area contributed by atoms with Crippen LogP contribution in [-0.2, 0) is 19.1 Å². The number of esters is 2. The molecular formula is C14H14O4S. The van der Waals surface area contributed by atoms with Crippen LogP contribution in [0.15, 0.2) is 30.3 Å². The van der Waals surface area contributed by atoms with E-state index in [-0.39, 0.29) is 6.61 Å². The molecular weight excluding hydrogens is 264 g/mol. The number of rotatable bonds is 4. The maximum atomic E-state index is 11.9. The van der Waals surface area contributed by atoms with Crippen LogP contribution >= 0.6 is 11.3 Å². The number of thiophene rings is 1. The molecule has 0 aliphatic rings. The van der Waals surface area contributed by atoms with Crippen molar-refractivity contribution >= 4 is 33.4 Å². The number of carbonyl (C=O) groups is 2. The van der Waals surface area contributed by atoms with Crippen molar-refractivity contribution in [3.05, 3.63) is 35.2 Å². The fraction of sp³-hybridized carbons (Fsp3) is 0.286. The number of fused-ring (bicyclic) bond motifs is 1. The Morgan fingerprint density at radius 2 is 2.05 bits per heavy atom. The first-order valence-corrected chi connectivity index (χ1v) is 6.75. The Hall–Kier alpha value is -1.88. The molecule has 1 atom stereocenters. The Bertz CT molecular complexity index is 569. The SMILES string of the molecule is CCOC(=O)[C@H](OC(C)=O)c1cc2ccccc2s1. The van der Waals surface area contributed by atoms with Crippen molar-refractivity contribution in [1.29, 1.82) is 0 Å². The molecule has 0 aliphatic heterocycles. The largest absolute Gasteiger partial charge is 0.463 e. The van der Waals surface area contributed by atoms with Gasteiger partial charge in [0.1, 0.15) is 0 Å². The van der Waals surface area contributed by atoms with Crippen molar-refractivity contribution in [2.45, 2.75) is 20.0 Å². The Kier molecular flexibility index (Phi) is 4.16. The van der Waals surface area contributed by atoms with Crippen molar-refractivity contribution in [3.8, 4) is 0 Å². The summed E-state index contributed by atoms with van der Waals surface area (Å²) in [5.74, 6) is -1.04. The summed E-state index contributed by atoms with van der Waals surface area (Å²) in [7, 11) is 0. The Balaban J connectivity index is 2.35. The second kappa shape index (κ2) is 5.84. The monoisotopic (exact) mass is 278 g/mol. The van der Waals surface area contributed by atoms with E-state index in [9.17, 15) is 9.59 Å². The maximum Gasteiger partial charge on any atom is 0.353 e. The van der Waals surface area contributed by atoms with Crippen LogP contribution in [0, 0.1) is 0 Å². The van der Waals surface area contributed by atoms with Gasteiger partial charge in [-0.15, -0.1) is 11.3 Å². The minimum Gasteiger partial charge on any atom is -0.463 e. The van der Waals surface area contributed by atoms with E-state index in [2.05, 4.69) is 0 Å². The molecule has 4 nitrogen and oxygen atoms in total. The molecule has 1 heterocycles. The number of carbonyl (C=O) groups excluding carboxylic acids is 2. The molecule has 0 fully saturated rings. The molecule has 2 rings (SSSR count). The normalized spacial score (nSPS) is 12.1. The highest BCUT2D eigenvalue weighted by atomic mass is 32.1. The van der Waals surface area contributed by atoms with E-state index in [0.717, 1.165) is 10.1 Å². The lowest BCUT2D eigenvalue weighted by atomic mass is 10.2. The Morgan fingerprint density at radius 1 is 1.32 bits per heavy atom. The van der Waals surface area contributed by atoms with Crippen LogP contribution in [0.4, 0.5) is 0 Å². The molecule has 1 aromatic carbocycles. The van der Waals surface area contributed by atoms with Gasteiger partial charge in [-0.05, 0) is 24.4 Å². The van der Waals surface area contributed by atoms with Crippen LogP contribution < -0.4 is 0 Å². The summed E-state index contributed by atoms with van der Waals surface area (Å²) in [6.07, 6.45) is -0.977. The van der Waals surface area contributed by atoms with E-state index in [1.807, 2.05) is 30.3 Å². The quantitative estimate of drug-likeness (QED) is 0.806. The third-order valence-electron chi connectivity index (χ3n) is 2.49. The van der Waals surface area contributed by atoms with Crippen LogP contribution in [0.25, 0.3) is 10.1 Å². The zero-order valence-corrected chi connectivity index (χ0v) is 11.5. The molecule has 0 radical (unpaired) electrons. The summed E-state index contributed by atoms with van der Waals surface area (Å²) >= 11 is 1.42. The van der Waals surface area contributed by atoms with E-state index in [1.54, 1.807) is 6.92 Å². The Morgan fingerprint density at radius 3 is 2.68 bits per heavy atom. The lowest BCUT2D eigenvalue weighted by Gasteiger charge is -2.13. The fourth-order valence-corrected chi connectivity index (χ4v) is 2.82. The maximum absolute atomic E-state index is 11.9. The second-order valence-electron chi connectivity index (χ2n) is 3.93. The van der Waals surface area contributed by atoms with E-state index in [1.165, 1.54) is 18.3 Å². The molecule has 100 valence electrons. The minimum atomic E-state index is -0.977. The molecule has 2 aromatic rings. The van der Waals surface area contributed by atoms with E-state index in [0.29, 0.717) is 4.88 Å². The standard InChI is InChI=1S/C14H14O4S/c1-3-17-14(16)13(18-9(2)15)12-8-10-6-4-5-7-11(10)19-12/h4-8,13H,3H2,1-2H3/t13-/m1/s1. The summed E-state index contributed by atoms with van der Waals surface area (Å²) in [6.45, 7) is 3.24. The first-order valence-electron chi connectivity index (χ1n) is 5.94. The number of hydrogen-bond donors (Lipinski definition) is 0. The topological polar surface area (TPSA) is 52.6 Å². The fourth-order valence-electron chi connectivity index (χ4n) is 1.74. The second-order valence-corrected chi connectivity index (χ2v) is 5.04. The van der Waals surface area contributed by atoms with Gasteiger partial charge in [-0.2, -0.15) is 0 Å². The lowest BCUT2D eigenvalue weighted by molar-refractivity contribution is -0.166. The number of benzene rings is 1.